The first-order valence-electron chi connectivity index (χ1n) is 3.57. The highest BCUT2D eigenvalue weighted by atomic mass is 17.0. The summed E-state index contributed by atoms with van der Waals surface area (Å²) in [5.41, 5.74) is 0. The first-order valence-corrected chi connectivity index (χ1v) is 3.57. The average Bonchev–Trinajstić information content (AvgIpc) is 1.63. The molecule has 128 valence electrons. The van der Waals surface area contributed by atoms with Gasteiger partial charge in [0.2, 0.25) is 0 Å². The van der Waals surface area contributed by atoms with Gasteiger partial charge in [-0.25, -0.2) is 4.74 Å². The molecule has 17 N–H and O–H groups in total. The lowest BCUT2D eigenvalue weighted by molar-refractivity contribution is -0.586. The summed E-state index contributed by atoms with van der Waals surface area (Å²) in [6.07, 6.45) is -14.3. The minimum Gasteiger partial charge on any atom is -0.412 e. The third-order valence-electron chi connectivity index (χ3n) is 0.274. The zero-order chi connectivity index (χ0) is 16.7. The summed E-state index contributed by atoms with van der Waals surface area (Å²) >= 11 is 0. The third kappa shape index (κ3) is 162. The van der Waals surface area contributed by atoms with E-state index in [4.69, 9.17) is 71.5 Å². The van der Waals surface area contributed by atoms with E-state index >= 15 is 0 Å². The molecule has 0 aliphatic heterocycles. The van der Waals surface area contributed by atoms with Crippen LogP contribution in [-0.4, -0.2) is 102 Å². The van der Waals surface area contributed by atoms with E-state index in [1.54, 1.807) is 0 Å². The van der Waals surface area contributed by atoms with Gasteiger partial charge in [0.25, 0.3) is 0 Å². The summed E-state index contributed by atoms with van der Waals surface area (Å²) in [7, 11) is 0. The van der Waals surface area contributed by atoms with Crippen LogP contribution < -0.4 is 0 Å². The Kier molecular flexibility index (Phi) is 12.9. The minimum absolute atomic E-state index is 0. The highest BCUT2D eigenvalue weighted by molar-refractivity contribution is 4.25. The molecule has 0 atom stereocenters. The molecule has 0 aromatic rings. The number of hydrogen-bond donors (Lipinski definition) is 13. The van der Waals surface area contributed by atoms with Crippen LogP contribution in [-0.2, 0) is 4.74 Å². The molecule has 0 radical (unpaired) electrons. The second-order valence-electron chi connectivity index (χ2n) is 2.49. The van der Waals surface area contributed by atoms with Crippen molar-refractivity contribution in [1.82, 2.24) is 0 Å². The van der Waals surface area contributed by atoms with E-state index in [1.807, 2.05) is 0 Å². The topological polar surface area (TPSA) is 327 Å². The molecule has 16 heteroatoms. The van der Waals surface area contributed by atoms with Gasteiger partial charge in [-0.2, -0.15) is 0 Å². The van der Waals surface area contributed by atoms with Crippen molar-refractivity contribution in [1.29, 1.82) is 0 Å². The molecular weight excluding hydrogens is 304 g/mol. The number of hydrogen-bond acceptors (Lipinski definition) is 14. The highest BCUT2D eigenvalue weighted by Crippen LogP contribution is 2.04. The molecule has 0 rings (SSSR count). The smallest absolute Gasteiger partial charge is 0.412 e. The molecule has 0 fully saturated rings. The van der Waals surface area contributed by atoms with Crippen molar-refractivity contribution >= 4 is 0 Å². The largest absolute Gasteiger partial charge is 0.528 e. The second kappa shape index (κ2) is 9.32. The Morgan fingerprint density at radius 3 is 0.650 bits per heavy atom. The molecule has 0 spiro atoms. The predicted molar refractivity (Wildman–Crippen MR) is 48.1 cm³/mol. The van der Waals surface area contributed by atoms with Gasteiger partial charge in [-0.15, -0.1) is 0 Å². The maximum Gasteiger partial charge on any atom is 0.528 e. The van der Waals surface area contributed by atoms with Gasteiger partial charge in [-0.1, -0.05) is 0 Å². The van der Waals surface area contributed by atoms with E-state index in [9.17, 15) is 0 Å². The van der Waals surface area contributed by atoms with E-state index in [2.05, 4.69) is 4.74 Å². The van der Waals surface area contributed by atoms with Crippen LogP contribution in [0.4, 0.5) is 0 Å². The first kappa shape index (κ1) is 27.7. The number of rotatable bonds is 2. The molecule has 0 unspecified atom stereocenters. The molecule has 0 aliphatic rings. The van der Waals surface area contributed by atoms with Crippen LogP contribution in [0.3, 0.4) is 0 Å². The minimum atomic E-state index is -3.77. The second-order valence-corrected chi connectivity index (χ2v) is 2.49. The molecule has 0 amide bonds. The van der Waals surface area contributed by atoms with E-state index in [0.717, 1.165) is 0 Å². The quantitative estimate of drug-likeness (QED) is 0.166. The van der Waals surface area contributed by atoms with Crippen LogP contribution in [0.15, 0.2) is 0 Å². The predicted octanol–water partition coefficient (Wildman–Crippen LogP) is -9.78. The van der Waals surface area contributed by atoms with Crippen molar-refractivity contribution in [2.45, 2.75) is 24.6 Å². The van der Waals surface area contributed by atoms with Crippen LogP contribution in [0.5, 0.6) is 0 Å². The van der Waals surface area contributed by atoms with Crippen LogP contribution >= 0.6 is 0 Å². The average molecular weight is 321 g/mol. The molecule has 0 bridgehead atoms. The summed E-state index contributed by atoms with van der Waals surface area (Å²) in [5, 5.41) is 103. The third-order valence-corrected chi connectivity index (χ3v) is 0.274. The fourth-order valence-electron chi connectivity index (χ4n) is 0.184. The van der Waals surface area contributed by atoms with Crippen LogP contribution in [0.2, 0.25) is 0 Å². The molecule has 0 aliphatic carbocycles. The molecule has 20 heavy (non-hydrogen) atoms. The normalized spacial score (nSPS) is 12.3. The van der Waals surface area contributed by atoms with Crippen molar-refractivity contribution in [3.63, 3.8) is 0 Å². The van der Waals surface area contributed by atoms with Crippen LogP contribution in [0, 0.1) is 0 Å². The molecule has 0 saturated carbocycles. The lowest BCUT2D eigenvalue weighted by Crippen LogP contribution is -2.44. The summed E-state index contributed by atoms with van der Waals surface area (Å²) in [4.78, 5) is 0. The Morgan fingerprint density at radius 2 is 0.650 bits per heavy atom. The highest BCUT2D eigenvalue weighted by Gasteiger charge is 2.33. The van der Waals surface area contributed by atoms with Crippen molar-refractivity contribution in [3.8, 4) is 0 Å². The van der Waals surface area contributed by atoms with Gasteiger partial charge in [0.15, 0.2) is 0 Å². The zero-order valence-corrected chi connectivity index (χ0v) is 9.22. The molecule has 0 aromatic carbocycles. The van der Waals surface area contributed by atoms with Gasteiger partial charge in [-0.3, -0.25) is 15.3 Å². The molecule has 0 aromatic heterocycles. The zero-order valence-electron chi connectivity index (χ0n) is 9.22. The van der Waals surface area contributed by atoms with Gasteiger partial charge in [0.1, 0.15) is 0 Å². The SMILES string of the molecule is O.OC(O)(O)O.OC(O)(O)OC(O)(O)O.OC(O)(O)[OH2+]. The van der Waals surface area contributed by atoms with Crippen molar-refractivity contribution in [3.05, 3.63) is 0 Å². The maximum absolute atomic E-state index is 7.76. The van der Waals surface area contributed by atoms with Gasteiger partial charge in [-0.05, 0) is 0 Å². The standard InChI is InChI=1S/C2H6O7.2CH4O4.H2O/c3-1(4,5)9-2(6,7)8;2*2-1(3,4)5;/h3-8H;2*2-5H;1H2/p+1. The number of ether oxygens (including phenoxy) is 1. The Hall–Kier alpha value is -0.640. The summed E-state index contributed by atoms with van der Waals surface area (Å²) in [5.74, 6) is 0. The van der Waals surface area contributed by atoms with E-state index in [0.29, 0.717) is 0 Å². The van der Waals surface area contributed by atoms with Crippen molar-refractivity contribution in [2.24, 2.45) is 0 Å². The van der Waals surface area contributed by atoms with Crippen LogP contribution in [0.1, 0.15) is 0 Å². The number of aliphatic hydroxyl groups is 13. The summed E-state index contributed by atoms with van der Waals surface area (Å²) in [6.45, 7) is 0. The van der Waals surface area contributed by atoms with E-state index in [1.165, 1.54) is 0 Å². The Morgan fingerprint density at radius 1 is 0.550 bits per heavy atom. The summed E-state index contributed by atoms with van der Waals surface area (Å²) in [6, 6.07) is 0. The summed E-state index contributed by atoms with van der Waals surface area (Å²) < 4.78 is 2.96. The Labute approximate surface area is 108 Å². The van der Waals surface area contributed by atoms with Gasteiger partial charge < -0.3 is 61.6 Å². The van der Waals surface area contributed by atoms with Gasteiger partial charge in [0, 0.05) is 0 Å². The van der Waals surface area contributed by atoms with Crippen LogP contribution in [0.25, 0.3) is 0 Å². The van der Waals surface area contributed by atoms with Crippen molar-refractivity contribution < 1.29 is 81.7 Å². The first-order chi connectivity index (χ1) is 7.71. The molecule has 0 saturated heterocycles. The Balaban J connectivity index is -0.000000101. The van der Waals surface area contributed by atoms with Crippen molar-refractivity contribution in [2.75, 3.05) is 0 Å². The van der Waals surface area contributed by atoms with Gasteiger partial charge >= 0.3 is 24.6 Å². The molecule has 0 heterocycles. The van der Waals surface area contributed by atoms with E-state index < -0.39 is 24.6 Å². The maximum atomic E-state index is 7.76. The van der Waals surface area contributed by atoms with Gasteiger partial charge in [0.05, 0.1) is 0 Å². The Bertz CT molecular complexity index is 173. The lowest BCUT2D eigenvalue weighted by Gasteiger charge is -2.20. The molecule has 16 nitrogen and oxygen atoms in total. The fraction of sp³-hybridized carbons (Fsp3) is 1.00. The van der Waals surface area contributed by atoms with E-state index in [-0.39, 0.29) is 5.48 Å². The molecular formula is C4H17O16+. The fourth-order valence-corrected chi connectivity index (χ4v) is 0.184. The lowest BCUT2D eigenvalue weighted by atomic mass is 11.0. The monoisotopic (exact) mass is 321 g/mol.